The molecular weight excluding hydrogens is 379 g/mol. The lowest BCUT2D eigenvalue weighted by atomic mass is 10.1. The molecule has 0 bridgehead atoms. The summed E-state index contributed by atoms with van der Waals surface area (Å²) in [6, 6.07) is 12.5. The van der Waals surface area contributed by atoms with Gasteiger partial charge in [0.25, 0.3) is 5.91 Å². The highest BCUT2D eigenvalue weighted by molar-refractivity contribution is 6.30. The third kappa shape index (κ3) is 3.69. The van der Waals surface area contributed by atoms with Crippen molar-refractivity contribution in [3.05, 3.63) is 64.4 Å². The highest BCUT2D eigenvalue weighted by atomic mass is 35.5. The molecule has 2 aromatic carbocycles. The third-order valence-corrected chi connectivity index (χ3v) is 5.45. The van der Waals surface area contributed by atoms with Crippen molar-refractivity contribution < 1.29 is 9.18 Å². The summed E-state index contributed by atoms with van der Waals surface area (Å²) in [4.78, 5) is 23.5. The van der Waals surface area contributed by atoms with Gasteiger partial charge in [0, 0.05) is 49.0 Å². The zero-order chi connectivity index (χ0) is 19.7. The number of rotatable bonds is 2. The molecule has 2 aromatic rings. The Morgan fingerprint density at radius 1 is 1.04 bits per heavy atom. The highest BCUT2D eigenvalue weighted by Gasteiger charge is 2.31. The summed E-state index contributed by atoms with van der Waals surface area (Å²) in [5.41, 5.74) is 1.99. The first-order valence-corrected chi connectivity index (χ1v) is 9.78. The van der Waals surface area contributed by atoms with Crippen LogP contribution < -0.4 is 4.90 Å². The fraction of sp³-hybridized carbons (Fsp3) is 0.333. The fourth-order valence-corrected chi connectivity index (χ4v) is 3.80. The van der Waals surface area contributed by atoms with Crippen molar-refractivity contribution in [3.63, 3.8) is 0 Å². The molecule has 1 saturated heterocycles. The summed E-state index contributed by atoms with van der Waals surface area (Å²) >= 11 is 6.10. The second kappa shape index (κ2) is 7.80. The van der Waals surface area contributed by atoms with Crippen molar-refractivity contribution in [2.24, 2.45) is 4.99 Å². The molecule has 4 rings (SSSR count). The van der Waals surface area contributed by atoms with Gasteiger partial charge < -0.3 is 9.80 Å². The van der Waals surface area contributed by atoms with Crippen molar-refractivity contribution in [3.8, 4) is 0 Å². The summed E-state index contributed by atoms with van der Waals surface area (Å²) < 4.78 is 13.9. The van der Waals surface area contributed by atoms with Crippen LogP contribution in [0.4, 0.5) is 10.1 Å². The Hall–Kier alpha value is -2.60. The predicted octanol–water partition coefficient (Wildman–Crippen LogP) is 3.42. The van der Waals surface area contributed by atoms with Crippen molar-refractivity contribution in [1.82, 2.24) is 9.80 Å². The summed E-state index contributed by atoms with van der Waals surface area (Å²) in [6.45, 7) is 5.95. The Kier molecular flexibility index (Phi) is 5.22. The molecule has 0 aliphatic carbocycles. The lowest BCUT2D eigenvalue weighted by molar-refractivity contribution is 0.0842. The lowest BCUT2D eigenvalue weighted by Gasteiger charge is -2.38. The van der Waals surface area contributed by atoms with E-state index in [4.69, 9.17) is 11.6 Å². The predicted molar refractivity (Wildman–Crippen MR) is 110 cm³/mol. The number of anilines is 1. The number of halogens is 2. The van der Waals surface area contributed by atoms with E-state index in [2.05, 4.69) is 20.9 Å². The largest absolute Gasteiger partial charge is 0.368 e. The third-order valence-electron chi connectivity index (χ3n) is 5.22. The molecule has 0 saturated carbocycles. The van der Waals surface area contributed by atoms with Crippen LogP contribution in [0, 0.1) is 12.7 Å². The minimum atomic E-state index is -0.362. The molecule has 146 valence electrons. The van der Waals surface area contributed by atoms with Crippen molar-refractivity contribution >= 4 is 29.2 Å². The van der Waals surface area contributed by atoms with Crippen molar-refractivity contribution in [2.45, 2.75) is 6.92 Å². The van der Waals surface area contributed by atoms with Gasteiger partial charge in [0.2, 0.25) is 5.96 Å². The Balaban J connectivity index is 1.44. The molecule has 0 spiro atoms. The Bertz CT molecular complexity index is 924. The first kappa shape index (κ1) is 18.7. The minimum absolute atomic E-state index is 0.201. The molecule has 0 radical (unpaired) electrons. The van der Waals surface area contributed by atoms with Gasteiger partial charge in [-0.05, 0) is 42.8 Å². The first-order valence-electron chi connectivity index (χ1n) is 9.41. The van der Waals surface area contributed by atoms with E-state index in [0.717, 1.165) is 36.9 Å². The fourth-order valence-electron chi connectivity index (χ4n) is 3.62. The number of nitrogens with zero attached hydrogens (tertiary/aromatic N) is 4. The molecule has 0 unspecified atom stereocenters. The number of aryl methyl sites for hydroxylation is 1. The average molecular weight is 401 g/mol. The molecule has 5 nitrogen and oxygen atoms in total. The number of aliphatic imine (C=N–C) groups is 1. The molecule has 1 fully saturated rings. The number of amides is 1. The standard InChI is InChI=1S/C21H22ClFN4O/c1-15-5-6-16(13-19(15)23)20(28)27-8-7-24-21(27)26-11-9-25(10-12-26)18-4-2-3-17(22)14-18/h2-6,13-14H,7-12H2,1H3. The number of hydrogen-bond donors (Lipinski definition) is 0. The zero-order valence-electron chi connectivity index (χ0n) is 15.7. The smallest absolute Gasteiger partial charge is 0.260 e. The quantitative estimate of drug-likeness (QED) is 0.775. The number of carbonyl (C=O) groups excluding carboxylic acids is 1. The maximum absolute atomic E-state index is 13.9. The number of hydrogen-bond acceptors (Lipinski definition) is 4. The second-order valence-electron chi connectivity index (χ2n) is 7.06. The molecule has 0 atom stereocenters. The van der Waals surface area contributed by atoms with Crippen LogP contribution in [0.1, 0.15) is 15.9 Å². The molecule has 7 heteroatoms. The molecule has 0 aromatic heterocycles. The van der Waals surface area contributed by atoms with E-state index in [1.165, 1.54) is 6.07 Å². The van der Waals surface area contributed by atoms with Gasteiger partial charge in [-0.1, -0.05) is 23.7 Å². The van der Waals surface area contributed by atoms with Crippen LogP contribution >= 0.6 is 11.6 Å². The highest BCUT2D eigenvalue weighted by Crippen LogP contribution is 2.22. The van der Waals surface area contributed by atoms with Gasteiger partial charge in [-0.3, -0.25) is 14.7 Å². The molecule has 2 aliphatic heterocycles. The van der Waals surface area contributed by atoms with Gasteiger partial charge in [0.05, 0.1) is 6.54 Å². The van der Waals surface area contributed by atoms with Crippen LogP contribution in [-0.4, -0.2) is 60.9 Å². The van der Waals surface area contributed by atoms with Gasteiger partial charge in [-0.2, -0.15) is 0 Å². The van der Waals surface area contributed by atoms with Crippen LogP contribution in [-0.2, 0) is 0 Å². The molecule has 0 N–H and O–H groups in total. The van der Waals surface area contributed by atoms with Crippen LogP contribution in [0.15, 0.2) is 47.5 Å². The Labute approximate surface area is 169 Å². The normalized spacial score (nSPS) is 17.1. The van der Waals surface area contributed by atoms with Gasteiger partial charge in [0.15, 0.2) is 0 Å². The zero-order valence-corrected chi connectivity index (χ0v) is 16.5. The SMILES string of the molecule is Cc1ccc(C(=O)N2CCN=C2N2CCN(c3cccc(Cl)c3)CC2)cc1F. The summed E-state index contributed by atoms with van der Waals surface area (Å²) in [7, 11) is 0. The number of carbonyl (C=O) groups is 1. The molecule has 28 heavy (non-hydrogen) atoms. The Morgan fingerprint density at radius 3 is 2.50 bits per heavy atom. The van der Waals surface area contributed by atoms with Gasteiger partial charge >= 0.3 is 0 Å². The van der Waals surface area contributed by atoms with E-state index in [1.54, 1.807) is 24.0 Å². The molecule has 1 amide bonds. The van der Waals surface area contributed by atoms with Gasteiger partial charge in [-0.15, -0.1) is 0 Å². The molecule has 2 aliphatic rings. The first-order chi connectivity index (χ1) is 13.5. The van der Waals surface area contributed by atoms with Crippen molar-refractivity contribution in [2.75, 3.05) is 44.2 Å². The number of guanidine groups is 1. The van der Waals surface area contributed by atoms with E-state index in [9.17, 15) is 9.18 Å². The monoisotopic (exact) mass is 400 g/mol. The van der Waals surface area contributed by atoms with E-state index >= 15 is 0 Å². The molecule has 2 heterocycles. The summed E-state index contributed by atoms with van der Waals surface area (Å²) in [5, 5.41) is 0.724. The van der Waals surface area contributed by atoms with Crippen LogP contribution in [0.2, 0.25) is 5.02 Å². The Morgan fingerprint density at radius 2 is 1.79 bits per heavy atom. The van der Waals surface area contributed by atoms with Gasteiger partial charge in [-0.25, -0.2) is 4.39 Å². The minimum Gasteiger partial charge on any atom is -0.368 e. The topological polar surface area (TPSA) is 39.2 Å². The summed E-state index contributed by atoms with van der Waals surface area (Å²) in [6.07, 6.45) is 0. The maximum Gasteiger partial charge on any atom is 0.260 e. The van der Waals surface area contributed by atoms with Crippen LogP contribution in [0.25, 0.3) is 0 Å². The average Bonchev–Trinajstić information content (AvgIpc) is 3.19. The van der Waals surface area contributed by atoms with E-state index < -0.39 is 0 Å². The number of benzene rings is 2. The van der Waals surface area contributed by atoms with Crippen molar-refractivity contribution in [1.29, 1.82) is 0 Å². The summed E-state index contributed by atoms with van der Waals surface area (Å²) in [5.74, 6) is 0.128. The van der Waals surface area contributed by atoms with E-state index in [-0.39, 0.29) is 11.7 Å². The second-order valence-corrected chi connectivity index (χ2v) is 7.49. The van der Waals surface area contributed by atoms with Crippen LogP contribution in [0.5, 0.6) is 0 Å². The van der Waals surface area contributed by atoms with E-state index in [0.29, 0.717) is 30.2 Å². The molecular formula is C21H22ClFN4O. The van der Waals surface area contributed by atoms with E-state index in [1.807, 2.05) is 18.2 Å². The maximum atomic E-state index is 13.9. The van der Waals surface area contributed by atoms with Crippen LogP contribution in [0.3, 0.4) is 0 Å². The number of piperazine rings is 1. The van der Waals surface area contributed by atoms with Gasteiger partial charge in [0.1, 0.15) is 5.82 Å². The lowest BCUT2D eigenvalue weighted by Crippen LogP contribution is -2.53.